The lowest BCUT2D eigenvalue weighted by Gasteiger charge is -2.18. The van der Waals surface area contributed by atoms with Crippen LogP contribution < -0.4 is 10.2 Å². The van der Waals surface area contributed by atoms with E-state index in [4.69, 9.17) is 5.26 Å². The molecule has 0 atom stereocenters. The first-order valence-electron chi connectivity index (χ1n) is 7.81. The Balaban J connectivity index is 1.67. The van der Waals surface area contributed by atoms with E-state index < -0.39 is 0 Å². The standard InChI is InChI=1S/C18H17N7/c1-25(10-7-14-5-8-20-9-6-14)17-13-21-24-18(23-17)22-16-4-2-3-15(11-16)12-19/h2-6,8-9,11,13H,7,10H2,1H3,(H,22,23,24). The van der Waals surface area contributed by atoms with Crippen molar-refractivity contribution >= 4 is 17.5 Å². The first-order valence-corrected chi connectivity index (χ1v) is 7.81. The number of hydrogen-bond acceptors (Lipinski definition) is 7. The SMILES string of the molecule is CN(CCc1ccncc1)c1cnnc(Nc2cccc(C#N)c2)n1. The van der Waals surface area contributed by atoms with E-state index in [1.807, 2.05) is 30.1 Å². The molecule has 3 rings (SSSR count). The molecule has 2 aromatic heterocycles. The van der Waals surface area contributed by atoms with Crippen LogP contribution in [0.2, 0.25) is 0 Å². The van der Waals surface area contributed by atoms with Gasteiger partial charge in [0.05, 0.1) is 17.8 Å². The molecular formula is C18H17N7. The summed E-state index contributed by atoms with van der Waals surface area (Å²) in [4.78, 5) is 10.5. The van der Waals surface area contributed by atoms with Crippen molar-refractivity contribution < 1.29 is 0 Å². The summed E-state index contributed by atoms with van der Waals surface area (Å²) in [6, 6.07) is 13.2. The van der Waals surface area contributed by atoms with Gasteiger partial charge in [0.2, 0.25) is 5.95 Å². The normalized spacial score (nSPS) is 10.1. The highest BCUT2D eigenvalue weighted by molar-refractivity contribution is 5.56. The van der Waals surface area contributed by atoms with Crippen LogP contribution in [-0.2, 0) is 6.42 Å². The first-order chi connectivity index (χ1) is 12.2. The van der Waals surface area contributed by atoms with E-state index in [1.165, 1.54) is 5.56 Å². The van der Waals surface area contributed by atoms with E-state index >= 15 is 0 Å². The molecule has 0 radical (unpaired) electrons. The highest BCUT2D eigenvalue weighted by atomic mass is 15.3. The summed E-state index contributed by atoms with van der Waals surface area (Å²) in [7, 11) is 1.96. The maximum atomic E-state index is 8.97. The summed E-state index contributed by atoms with van der Waals surface area (Å²) >= 11 is 0. The molecule has 0 aliphatic heterocycles. The Morgan fingerprint density at radius 2 is 2.04 bits per heavy atom. The van der Waals surface area contributed by atoms with E-state index in [0.717, 1.165) is 24.5 Å². The fourth-order valence-corrected chi connectivity index (χ4v) is 2.29. The van der Waals surface area contributed by atoms with Crippen molar-refractivity contribution in [2.24, 2.45) is 0 Å². The van der Waals surface area contributed by atoms with Gasteiger partial charge in [0.25, 0.3) is 0 Å². The number of nitrogens with zero attached hydrogens (tertiary/aromatic N) is 6. The molecule has 1 N–H and O–H groups in total. The van der Waals surface area contributed by atoms with Crippen LogP contribution in [0.25, 0.3) is 0 Å². The molecule has 0 saturated heterocycles. The van der Waals surface area contributed by atoms with Crippen LogP contribution in [0.1, 0.15) is 11.1 Å². The minimum atomic E-state index is 0.392. The highest BCUT2D eigenvalue weighted by Crippen LogP contribution is 2.16. The molecular weight excluding hydrogens is 314 g/mol. The molecule has 0 saturated carbocycles. The van der Waals surface area contributed by atoms with E-state index in [0.29, 0.717) is 11.5 Å². The lowest BCUT2D eigenvalue weighted by molar-refractivity contribution is 0.840. The van der Waals surface area contributed by atoms with Crippen molar-refractivity contribution in [3.63, 3.8) is 0 Å². The molecule has 0 fully saturated rings. The molecule has 124 valence electrons. The largest absolute Gasteiger partial charge is 0.358 e. The zero-order chi connectivity index (χ0) is 17.5. The predicted octanol–water partition coefficient (Wildman–Crippen LogP) is 2.56. The van der Waals surface area contributed by atoms with Gasteiger partial charge >= 0.3 is 0 Å². The minimum Gasteiger partial charge on any atom is -0.358 e. The molecule has 0 aliphatic rings. The van der Waals surface area contributed by atoms with Crippen LogP contribution in [0.15, 0.2) is 55.0 Å². The molecule has 25 heavy (non-hydrogen) atoms. The lowest BCUT2D eigenvalue weighted by Crippen LogP contribution is -2.22. The molecule has 1 aromatic carbocycles. The third-order valence-electron chi connectivity index (χ3n) is 3.67. The number of benzene rings is 1. The van der Waals surface area contributed by atoms with Gasteiger partial charge in [-0.3, -0.25) is 4.98 Å². The zero-order valence-corrected chi connectivity index (χ0v) is 13.8. The average Bonchev–Trinajstić information content (AvgIpc) is 2.67. The van der Waals surface area contributed by atoms with Crippen LogP contribution >= 0.6 is 0 Å². The second kappa shape index (κ2) is 7.84. The molecule has 0 aliphatic carbocycles. The maximum Gasteiger partial charge on any atom is 0.249 e. The van der Waals surface area contributed by atoms with Crippen molar-refractivity contribution in [2.45, 2.75) is 6.42 Å². The third-order valence-corrected chi connectivity index (χ3v) is 3.67. The second-order valence-electron chi connectivity index (χ2n) is 5.48. The minimum absolute atomic E-state index is 0.392. The molecule has 7 nitrogen and oxygen atoms in total. The van der Waals surface area contributed by atoms with Gasteiger partial charge in [0, 0.05) is 31.7 Å². The van der Waals surface area contributed by atoms with Gasteiger partial charge in [-0.2, -0.15) is 15.3 Å². The number of likely N-dealkylation sites (N-methyl/N-ethyl adjacent to an activating group) is 1. The fraction of sp³-hybridized carbons (Fsp3) is 0.167. The first kappa shape index (κ1) is 16.3. The van der Waals surface area contributed by atoms with Crippen LogP contribution in [0.3, 0.4) is 0 Å². The molecule has 0 amide bonds. The monoisotopic (exact) mass is 331 g/mol. The second-order valence-corrected chi connectivity index (χ2v) is 5.48. The number of hydrogen-bond donors (Lipinski definition) is 1. The Bertz CT molecular complexity index is 874. The number of rotatable bonds is 6. The van der Waals surface area contributed by atoms with Crippen molar-refractivity contribution in [3.8, 4) is 6.07 Å². The summed E-state index contributed by atoms with van der Waals surface area (Å²) < 4.78 is 0. The quantitative estimate of drug-likeness (QED) is 0.742. The highest BCUT2D eigenvalue weighted by Gasteiger charge is 2.07. The summed E-state index contributed by atoms with van der Waals surface area (Å²) in [6.45, 7) is 0.798. The van der Waals surface area contributed by atoms with Crippen molar-refractivity contribution in [1.29, 1.82) is 5.26 Å². The predicted molar refractivity (Wildman–Crippen MR) is 95.5 cm³/mol. The number of pyridine rings is 1. The fourth-order valence-electron chi connectivity index (χ4n) is 2.29. The third kappa shape index (κ3) is 4.48. The van der Waals surface area contributed by atoms with Crippen LogP contribution in [-0.4, -0.2) is 33.8 Å². The summed E-state index contributed by atoms with van der Waals surface area (Å²) in [5.41, 5.74) is 2.54. The average molecular weight is 331 g/mol. The van der Waals surface area contributed by atoms with Crippen LogP contribution in [0.4, 0.5) is 17.5 Å². The number of aromatic nitrogens is 4. The molecule has 3 aromatic rings. The van der Waals surface area contributed by atoms with E-state index in [1.54, 1.807) is 36.8 Å². The Labute approximate surface area is 146 Å². The zero-order valence-electron chi connectivity index (χ0n) is 13.8. The van der Waals surface area contributed by atoms with Gasteiger partial charge in [-0.1, -0.05) is 6.07 Å². The number of nitrogens with one attached hydrogen (secondary N) is 1. The van der Waals surface area contributed by atoms with Crippen molar-refractivity contribution in [3.05, 3.63) is 66.1 Å². The Morgan fingerprint density at radius 3 is 2.84 bits per heavy atom. The summed E-state index contributed by atoms with van der Waals surface area (Å²) in [5, 5.41) is 20.1. The van der Waals surface area contributed by atoms with Gasteiger partial charge in [0.15, 0.2) is 5.82 Å². The van der Waals surface area contributed by atoms with E-state index in [2.05, 4.69) is 31.6 Å². The van der Waals surface area contributed by atoms with E-state index in [9.17, 15) is 0 Å². The molecule has 0 unspecified atom stereocenters. The van der Waals surface area contributed by atoms with Gasteiger partial charge in [-0.05, 0) is 42.3 Å². The van der Waals surface area contributed by atoms with Gasteiger partial charge in [-0.15, -0.1) is 5.10 Å². The molecule has 0 bridgehead atoms. The Hall–Kier alpha value is -3.53. The Kier molecular flexibility index (Phi) is 5.12. The molecule has 7 heteroatoms. The maximum absolute atomic E-state index is 8.97. The van der Waals surface area contributed by atoms with Gasteiger partial charge in [-0.25, -0.2) is 0 Å². The molecule has 0 spiro atoms. The topological polar surface area (TPSA) is 90.6 Å². The summed E-state index contributed by atoms with van der Waals surface area (Å²) in [6.07, 6.45) is 6.09. The Morgan fingerprint density at radius 1 is 1.20 bits per heavy atom. The van der Waals surface area contributed by atoms with Crippen LogP contribution in [0.5, 0.6) is 0 Å². The van der Waals surface area contributed by atoms with Crippen molar-refractivity contribution in [2.75, 3.05) is 23.8 Å². The van der Waals surface area contributed by atoms with Crippen molar-refractivity contribution in [1.82, 2.24) is 20.2 Å². The van der Waals surface area contributed by atoms with Gasteiger partial charge < -0.3 is 10.2 Å². The number of anilines is 3. The van der Waals surface area contributed by atoms with Gasteiger partial charge in [0.1, 0.15) is 0 Å². The van der Waals surface area contributed by atoms with Crippen LogP contribution in [0, 0.1) is 11.3 Å². The smallest absolute Gasteiger partial charge is 0.249 e. The number of nitriles is 1. The summed E-state index contributed by atoms with van der Waals surface area (Å²) in [5.74, 6) is 1.12. The van der Waals surface area contributed by atoms with E-state index in [-0.39, 0.29) is 0 Å². The molecule has 2 heterocycles. The lowest BCUT2D eigenvalue weighted by atomic mass is 10.2.